The molecule has 0 aliphatic heterocycles. The zero-order chi connectivity index (χ0) is 18.9. The molecule has 26 heavy (non-hydrogen) atoms. The number of hydrogen-bond acceptors (Lipinski definition) is 2. The van der Waals surface area contributed by atoms with E-state index in [1.54, 1.807) is 0 Å². The van der Waals surface area contributed by atoms with E-state index in [1.807, 2.05) is 0 Å². The summed E-state index contributed by atoms with van der Waals surface area (Å²) in [6, 6.07) is 0. The first-order valence-corrected chi connectivity index (χ1v) is 11.1. The van der Waals surface area contributed by atoms with Crippen molar-refractivity contribution in [2.75, 3.05) is 0 Å². The van der Waals surface area contributed by atoms with E-state index < -0.39 is 5.60 Å². The summed E-state index contributed by atoms with van der Waals surface area (Å²) < 4.78 is 0. The van der Waals surface area contributed by atoms with Crippen LogP contribution in [0.3, 0.4) is 0 Å². The van der Waals surface area contributed by atoms with Crippen molar-refractivity contribution in [1.29, 1.82) is 0 Å². The highest BCUT2D eigenvalue weighted by Crippen LogP contribution is 2.69. The number of fused-ring (bicyclic) bond motifs is 5. The van der Waals surface area contributed by atoms with Crippen molar-refractivity contribution in [3.63, 3.8) is 0 Å². The Bertz CT molecular complexity index is 636. The van der Waals surface area contributed by atoms with Crippen LogP contribution in [0.5, 0.6) is 0 Å². The number of allylic oxidation sites excluding steroid dienone is 1. The van der Waals surface area contributed by atoms with Gasteiger partial charge >= 0.3 is 0 Å². The number of aliphatic hydroxyl groups is 1. The van der Waals surface area contributed by atoms with Crippen LogP contribution in [0, 0.1) is 40.4 Å². The standard InChI is InChI=1S/C24H38O2/c1-6-15(2)24(26)12-10-20-19-8-7-17-14-18(25)13-16(3)23(17,5)21(19)9-11-22(20,24)4/h6,16-17,19-21,26H,7-14H2,1-5H3/b15-6-/t16-,17-,19-,20-,21-,22-,23-,24+/m0/s1. The van der Waals surface area contributed by atoms with Crippen molar-refractivity contribution < 1.29 is 9.90 Å². The van der Waals surface area contributed by atoms with Crippen LogP contribution in [0.1, 0.15) is 86.0 Å². The first-order chi connectivity index (χ1) is 12.2. The Morgan fingerprint density at radius 2 is 1.77 bits per heavy atom. The monoisotopic (exact) mass is 358 g/mol. The molecule has 0 radical (unpaired) electrons. The molecule has 2 nitrogen and oxygen atoms in total. The van der Waals surface area contributed by atoms with E-state index in [1.165, 1.54) is 31.3 Å². The molecule has 0 bridgehead atoms. The molecular weight excluding hydrogens is 320 g/mol. The molecule has 4 aliphatic rings. The summed E-state index contributed by atoms with van der Waals surface area (Å²) in [7, 11) is 0. The van der Waals surface area contributed by atoms with Crippen LogP contribution in [0.2, 0.25) is 0 Å². The van der Waals surface area contributed by atoms with Crippen LogP contribution in [0.25, 0.3) is 0 Å². The zero-order valence-electron chi connectivity index (χ0n) is 17.5. The quantitative estimate of drug-likeness (QED) is 0.625. The predicted octanol–water partition coefficient (Wildman–Crippen LogP) is 5.54. The minimum Gasteiger partial charge on any atom is -0.385 e. The van der Waals surface area contributed by atoms with E-state index in [0.717, 1.165) is 37.5 Å². The van der Waals surface area contributed by atoms with E-state index in [4.69, 9.17) is 0 Å². The number of rotatable bonds is 1. The Kier molecular flexibility index (Phi) is 4.27. The number of hydrogen-bond donors (Lipinski definition) is 1. The predicted molar refractivity (Wildman–Crippen MR) is 106 cm³/mol. The van der Waals surface area contributed by atoms with E-state index >= 15 is 0 Å². The Labute approximate surface area is 159 Å². The van der Waals surface area contributed by atoms with Crippen LogP contribution in [-0.2, 0) is 4.79 Å². The van der Waals surface area contributed by atoms with Crippen molar-refractivity contribution >= 4 is 5.78 Å². The highest BCUT2D eigenvalue weighted by atomic mass is 16.3. The van der Waals surface area contributed by atoms with Crippen LogP contribution in [-0.4, -0.2) is 16.5 Å². The average molecular weight is 359 g/mol. The second-order valence-electron chi connectivity index (χ2n) is 10.7. The molecule has 4 saturated carbocycles. The van der Waals surface area contributed by atoms with Gasteiger partial charge in [-0.15, -0.1) is 0 Å². The van der Waals surface area contributed by atoms with Gasteiger partial charge in [0.05, 0.1) is 5.60 Å². The average Bonchev–Trinajstić information content (AvgIpc) is 2.88. The molecule has 4 fully saturated rings. The summed E-state index contributed by atoms with van der Waals surface area (Å²) in [5, 5.41) is 11.7. The lowest BCUT2D eigenvalue weighted by Gasteiger charge is -2.62. The SMILES string of the molecule is C/C=C(/C)[C@]1(O)CC[C@H]2[C@@H]3CC[C@H]4CC(=O)C[C@H](C)[C@]4(C)[C@H]3CC[C@@]21C. The Hall–Kier alpha value is -0.630. The van der Waals surface area contributed by atoms with Gasteiger partial charge in [-0.3, -0.25) is 4.79 Å². The van der Waals surface area contributed by atoms with Crippen molar-refractivity contribution in [3.05, 3.63) is 11.6 Å². The van der Waals surface area contributed by atoms with Crippen LogP contribution >= 0.6 is 0 Å². The number of Topliss-reactive ketones (excluding diaryl/α,β-unsaturated/α-hetero) is 1. The van der Waals surface area contributed by atoms with E-state index in [2.05, 4.69) is 40.7 Å². The van der Waals surface area contributed by atoms with Crippen molar-refractivity contribution in [2.24, 2.45) is 40.4 Å². The lowest BCUT2D eigenvalue weighted by atomic mass is 9.42. The summed E-state index contributed by atoms with van der Waals surface area (Å²) in [5.41, 5.74) is 0.928. The molecule has 0 heterocycles. The molecular formula is C24H38O2. The number of carbonyl (C=O) groups is 1. The maximum atomic E-state index is 12.2. The van der Waals surface area contributed by atoms with Gasteiger partial charge in [0.25, 0.3) is 0 Å². The largest absolute Gasteiger partial charge is 0.385 e. The molecule has 4 aliphatic carbocycles. The smallest absolute Gasteiger partial charge is 0.133 e. The van der Waals surface area contributed by atoms with Gasteiger partial charge in [0.1, 0.15) is 5.78 Å². The van der Waals surface area contributed by atoms with Gasteiger partial charge in [0, 0.05) is 18.3 Å². The molecule has 0 unspecified atom stereocenters. The first kappa shape index (κ1) is 18.7. The Morgan fingerprint density at radius 1 is 1.08 bits per heavy atom. The minimum absolute atomic E-state index is 0.0294. The topological polar surface area (TPSA) is 37.3 Å². The number of ketones is 1. The Morgan fingerprint density at radius 3 is 2.46 bits per heavy atom. The van der Waals surface area contributed by atoms with Gasteiger partial charge in [0.15, 0.2) is 0 Å². The Balaban J connectivity index is 1.68. The van der Waals surface area contributed by atoms with Gasteiger partial charge in [-0.05, 0) is 93.0 Å². The highest BCUT2D eigenvalue weighted by Gasteiger charge is 2.65. The summed E-state index contributed by atoms with van der Waals surface area (Å²) in [5.74, 6) is 3.74. The van der Waals surface area contributed by atoms with Gasteiger partial charge in [-0.1, -0.05) is 26.8 Å². The fourth-order valence-electron chi connectivity index (χ4n) is 8.38. The van der Waals surface area contributed by atoms with Crippen LogP contribution < -0.4 is 0 Å². The molecule has 4 rings (SSSR count). The summed E-state index contributed by atoms with van der Waals surface area (Å²) in [6.45, 7) is 11.5. The highest BCUT2D eigenvalue weighted by molar-refractivity contribution is 5.80. The third-order valence-corrected chi connectivity index (χ3v) is 10.3. The maximum Gasteiger partial charge on any atom is 0.133 e. The van der Waals surface area contributed by atoms with Crippen molar-refractivity contribution in [1.82, 2.24) is 0 Å². The third-order valence-electron chi connectivity index (χ3n) is 10.3. The molecule has 0 aromatic carbocycles. The molecule has 1 N–H and O–H groups in total. The fraction of sp³-hybridized carbons (Fsp3) is 0.875. The maximum absolute atomic E-state index is 12.2. The lowest BCUT2D eigenvalue weighted by Crippen LogP contribution is -2.58. The van der Waals surface area contributed by atoms with Crippen molar-refractivity contribution in [3.8, 4) is 0 Å². The first-order valence-electron chi connectivity index (χ1n) is 11.1. The molecule has 0 aromatic rings. The van der Waals surface area contributed by atoms with Crippen LogP contribution in [0.4, 0.5) is 0 Å². The lowest BCUT2D eigenvalue weighted by molar-refractivity contribution is -0.162. The fourth-order valence-corrected chi connectivity index (χ4v) is 8.38. The summed E-state index contributed by atoms with van der Waals surface area (Å²) >= 11 is 0. The molecule has 146 valence electrons. The summed E-state index contributed by atoms with van der Waals surface area (Å²) in [4.78, 5) is 12.2. The molecule has 8 atom stereocenters. The molecule has 0 aromatic heterocycles. The van der Waals surface area contributed by atoms with E-state index in [0.29, 0.717) is 29.0 Å². The second kappa shape index (κ2) is 5.93. The van der Waals surface area contributed by atoms with Gasteiger partial charge < -0.3 is 5.11 Å². The zero-order valence-corrected chi connectivity index (χ0v) is 17.5. The number of carbonyl (C=O) groups excluding carboxylic acids is 1. The normalized spacial score (nSPS) is 54.5. The molecule has 2 heteroatoms. The second-order valence-corrected chi connectivity index (χ2v) is 10.7. The van der Waals surface area contributed by atoms with Gasteiger partial charge in [0.2, 0.25) is 0 Å². The third kappa shape index (κ3) is 2.17. The van der Waals surface area contributed by atoms with Crippen molar-refractivity contribution in [2.45, 2.75) is 91.6 Å². The van der Waals surface area contributed by atoms with Crippen LogP contribution in [0.15, 0.2) is 11.6 Å². The van der Waals surface area contributed by atoms with Gasteiger partial charge in [-0.2, -0.15) is 0 Å². The van der Waals surface area contributed by atoms with Gasteiger partial charge in [-0.25, -0.2) is 0 Å². The minimum atomic E-state index is -0.608. The summed E-state index contributed by atoms with van der Waals surface area (Å²) in [6.07, 6.45) is 10.7. The van der Waals surface area contributed by atoms with E-state index in [9.17, 15) is 9.90 Å². The molecule has 0 saturated heterocycles. The molecule has 0 amide bonds. The molecule has 0 spiro atoms. The van der Waals surface area contributed by atoms with E-state index in [-0.39, 0.29) is 5.41 Å².